The van der Waals surface area contributed by atoms with E-state index in [2.05, 4.69) is 5.32 Å². The van der Waals surface area contributed by atoms with Crippen molar-refractivity contribution in [2.45, 2.75) is 38.9 Å². The number of hydrogen-bond acceptors (Lipinski definition) is 5. The van der Waals surface area contributed by atoms with Crippen LogP contribution in [0.2, 0.25) is 0 Å². The summed E-state index contributed by atoms with van der Waals surface area (Å²) in [6, 6.07) is 9.77. The molecular formula is C17H21NO4S. The number of aliphatic hydroxyl groups is 1. The van der Waals surface area contributed by atoms with E-state index >= 15 is 0 Å². The first kappa shape index (κ1) is 17.4. The van der Waals surface area contributed by atoms with Crippen LogP contribution >= 0.6 is 11.3 Å². The molecule has 2 aromatic rings. The molecule has 0 bridgehead atoms. The van der Waals surface area contributed by atoms with Crippen molar-refractivity contribution < 1.29 is 19.4 Å². The molecule has 5 nitrogen and oxygen atoms in total. The fraction of sp³-hybridized carbons (Fsp3) is 0.412. The number of carbonyl (C=O) groups is 2. The van der Waals surface area contributed by atoms with Crippen molar-refractivity contribution in [1.82, 2.24) is 5.32 Å². The van der Waals surface area contributed by atoms with E-state index in [0.717, 1.165) is 15.0 Å². The number of amides is 1. The largest absolute Gasteiger partial charge is 0.450 e. The Morgan fingerprint density at radius 1 is 1.26 bits per heavy atom. The van der Waals surface area contributed by atoms with Crippen molar-refractivity contribution >= 4 is 33.3 Å². The second-order valence-electron chi connectivity index (χ2n) is 6.21. The summed E-state index contributed by atoms with van der Waals surface area (Å²) < 4.78 is 6.07. The van der Waals surface area contributed by atoms with Gasteiger partial charge in [-0.05, 0) is 38.3 Å². The van der Waals surface area contributed by atoms with E-state index < -0.39 is 23.1 Å². The van der Waals surface area contributed by atoms with E-state index in [1.807, 2.05) is 30.3 Å². The first-order valence-corrected chi connectivity index (χ1v) is 8.13. The maximum atomic E-state index is 12.2. The lowest BCUT2D eigenvalue weighted by atomic mass is 10.0. The van der Waals surface area contributed by atoms with E-state index in [4.69, 9.17) is 4.74 Å². The van der Waals surface area contributed by atoms with Crippen LogP contribution in [0.4, 0.5) is 0 Å². The Balaban J connectivity index is 2.09. The van der Waals surface area contributed by atoms with Gasteiger partial charge in [0.05, 0.1) is 6.54 Å². The van der Waals surface area contributed by atoms with Gasteiger partial charge in [-0.15, -0.1) is 11.3 Å². The smallest absolute Gasteiger partial charge is 0.303 e. The highest BCUT2D eigenvalue weighted by atomic mass is 32.1. The highest BCUT2D eigenvalue weighted by molar-refractivity contribution is 7.19. The summed E-state index contributed by atoms with van der Waals surface area (Å²) >= 11 is 1.49. The summed E-state index contributed by atoms with van der Waals surface area (Å²) in [5.74, 6) is -0.976. The summed E-state index contributed by atoms with van der Waals surface area (Å²) in [6.45, 7) is 5.96. The third kappa shape index (κ3) is 4.09. The zero-order chi connectivity index (χ0) is 17.3. The van der Waals surface area contributed by atoms with Crippen LogP contribution in [-0.4, -0.2) is 29.1 Å². The maximum Gasteiger partial charge on any atom is 0.303 e. The molecule has 1 atom stereocenters. The standard InChI is InChI=1S/C17H21NO4S/c1-11(19)22-16(2,3)15(20)18-10-17(4,21)14-9-12-7-5-6-8-13(12)23-14/h5-9,21H,10H2,1-4H3,(H,18,20)/t17-/m0/s1. The van der Waals surface area contributed by atoms with Crippen LogP contribution in [0.5, 0.6) is 0 Å². The summed E-state index contributed by atoms with van der Waals surface area (Å²) in [4.78, 5) is 24.0. The molecule has 23 heavy (non-hydrogen) atoms. The first-order chi connectivity index (χ1) is 10.6. The number of carbonyl (C=O) groups excluding carboxylic acids is 2. The van der Waals surface area contributed by atoms with Gasteiger partial charge < -0.3 is 15.2 Å². The molecular weight excluding hydrogens is 314 g/mol. The SMILES string of the molecule is CC(=O)OC(C)(C)C(=O)NC[C@](C)(O)c1cc2ccccc2s1. The van der Waals surface area contributed by atoms with Gasteiger partial charge in [0.15, 0.2) is 5.60 Å². The molecule has 0 radical (unpaired) electrons. The molecule has 0 fully saturated rings. The third-order valence-corrected chi connectivity index (χ3v) is 4.86. The van der Waals surface area contributed by atoms with Gasteiger partial charge in [0.1, 0.15) is 5.60 Å². The molecule has 0 aliphatic rings. The maximum absolute atomic E-state index is 12.2. The number of ether oxygens (including phenoxy) is 1. The van der Waals surface area contributed by atoms with E-state index in [0.29, 0.717) is 0 Å². The molecule has 2 N–H and O–H groups in total. The molecule has 6 heteroatoms. The minimum atomic E-state index is -1.28. The zero-order valence-electron chi connectivity index (χ0n) is 13.7. The first-order valence-electron chi connectivity index (χ1n) is 7.31. The van der Waals surface area contributed by atoms with Gasteiger partial charge in [0.25, 0.3) is 5.91 Å². The van der Waals surface area contributed by atoms with Crippen LogP contribution in [0.3, 0.4) is 0 Å². The number of rotatable bonds is 5. The number of nitrogens with one attached hydrogen (secondary N) is 1. The number of fused-ring (bicyclic) bond motifs is 1. The minimum Gasteiger partial charge on any atom is -0.450 e. The van der Waals surface area contributed by atoms with Gasteiger partial charge in [-0.25, -0.2) is 0 Å². The summed E-state index contributed by atoms with van der Waals surface area (Å²) in [5.41, 5.74) is -2.48. The Bertz CT molecular complexity index is 700. The molecule has 0 unspecified atom stereocenters. The molecule has 0 aliphatic carbocycles. The highest BCUT2D eigenvalue weighted by Gasteiger charge is 2.33. The minimum absolute atomic E-state index is 0.0311. The lowest BCUT2D eigenvalue weighted by Crippen LogP contribution is -2.49. The molecule has 1 aromatic heterocycles. The Morgan fingerprint density at radius 3 is 2.52 bits per heavy atom. The van der Waals surface area contributed by atoms with E-state index in [9.17, 15) is 14.7 Å². The van der Waals surface area contributed by atoms with E-state index in [-0.39, 0.29) is 6.54 Å². The van der Waals surface area contributed by atoms with Crippen molar-refractivity contribution in [3.05, 3.63) is 35.2 Å². The molecule has 124 valence electrons. The Morgan fingerprint density at radius 2 is 1.91 bits per heavy atom. The quantitative estimate of drug-likeness (QED) is 0.824. The van der Waals surface area contributed by atoms with Gasteiger partial charge >= 0.3 is 5.97 Å². The normalized spacial score (nSPS) is 14.3. The van der Waals surface area contributed by atoms with Gasteiger partial charge in [-0.1, -0.05) is 18.2 Å². The second kappa shape index (κ2) is 6.29. The van der Waals surface area contributed by atoms with Gasteiger partial charge in [-0.3, -0.25) is 9.59 Å². The lowest BCUT2D eigenvalue weighted by Gasteiger charge is -2.27. The van der Waals surface area contributed by atoms with Crippen LogP contribution in [0, 0.1) is 0 Å². The average Bonchev–Trinajstić information content (AvgIpc) is 2.88. The van der Waals surface area contributed by atoms with E-state index in [1.165, 1.54) is 32.1 Å². The van der Waals surface area contributed by atoms with Crippen LogP contribution in [0.25, 0.3) is 10.1 Å². The monoisotopic (exact) mass is 335 g/mol. The number of benzene rings is 1. The van der Waals surface area contributed by atoms with Crippen molar-refractivity contribution in [1.29, 1.82) is 0 Å². The van der Waals surface area contributed by atoms with Crippen LogP contribution in [0.15, 0.2) is 30.3 Å². The molecule has 1 heterocycles. The van der Waals surface area contributed by atoms with E-state index in [1.54, 1.807) is 6.92 Å². The average molecular weight is 335 g/mol. The van der Waals surface area contributed by atoms with Gasteiger partial charge in [0.2, 0.25) is 0 Å². The zero-order valence-corrected chi connectivity index (χ0v) is 14.5. The molecule has 2 rings (SSSR count). The Kier molecular flexibility index (Phi) is 4.77. The van der Waals surface area contributed by atoms with Crippen LogP contribution < -0.4 is 5.32 Å². The predicted octanol–water partition coefficient (Wildman–Crippen LogP) is 2.57. The molecule has 0 saturated carbocycles. The Labute approximate surface area is 139 Å². The van der Waals surface area contributed by atoms with Gasteiger partial charge in [-0.2, -0.15) is 0 Å². The highest BCUT2D eigenvalue weighted by Crippen LogP contribution is 2.32. The van der Waals surface area contributed by atoms with Crippen molar-refractivity contribution in [2.75, 3.05) is 6.54 Å². The van der Waals surface area contributed by atoms with Crippen molar-refractivity contribution in [3.63, 3.8) is 0 Å². The molecule has 1 amide bonds. The summed E-state index contributed by atoms with van der Waals surface area (Å²) in [5, 5.41) is 14.4. The predicted molar refractivity (Wildman–Crippen MR) is 90.3 cm³/mol. The fourth-order valence-corrected chi connectivity index (χ4v) is 3.31. The van der Waals surface area contributed by atoms with Crippen LogP contribution in [-0.2, 0) is 19.9 Å². The third-order valence-electron chi connectivity index (χ3n) is 3.50. The Hall–Kier alpha value is -1.92. The summed E-state index contributed by atoms with van der Waals surface area (Å²) in [7, 11) is 0. The number of hydrogen-bond donors (Lipinski definition) is 2. The molecule has 0 spiro atoms. The number of thiophene rings is 1. The molecule has 0 saturated heterocycles. The summed E-state index contributed by atoms with van der Waals surface area (Å²) in [6.07, 6.45) is 0. The lowest BCUT2D eigenvalue weighted by molar-refractivity contribution is -0.163. The number of esters is 1. The van der Waals surface area contributed by atoms with Crippen molar-refractivity contribution in [2.24, 2.45) is 0 Å². The topological polar surface area (TPSA) is 75.6 Å². The van der Waals surface area contributed by atoms with Crippen LogP contribution in [0.1, 0.15) is 32.6 Å². The van der Waals surface area contributed by atoms with Gasteiger partial charge in [0, 0.05) is 16.5 Å². The fourth-order valence-electron chi connectivity index (χ4n) is 2.21. The molecule has 1 aromatic carbocycles. The van der Waals surface area contributed by atoms with Crippen molar-refractivity contribution in [3.8, 4) is 0 Å². The second-order valence-corrected chi connectivity index (χ2v) is 7.29. The molecule has 0 aliphatic heterocycles.